The molecule has 0 aliphatic rings. The van der Waals surface area contributed by atoms with E-state index in [1.54, 1.807) is 12.3 Å². The van der Waals surface area contributed by atoms with Gasteiger partial charge < -0.3 is 10.2 Å². The smallest absolute Gasteiger partial charge is 0.125 e. The van der Waals surface area contributed by atoms with Gasteiger partial charge in [0.15, 0.2) is 0 Å². The van der Waals surface area contributed by atoms with Crippen molar-refractivity contribution in [1.29, 1.82) is 5.26 Å². The number of allylic oxidation sites excluding steroid dienone is 2. The Bertz CT molecular complexity index is 566. The summed E-state index contributed by atoms with van der Waals surface area (Å²) in [6.07, 6.45) is 11.6. The second-order valence-electron chi connectivity index (χ2n) is 6.27. The minimum Gasteiger partial charge on any atom is -0.380 e. The summed E-state index contributed by atoms with van der Waals surface area (Å²) >= 11 is 0. The van der Waals surface area contributed by atoms with Crippen LogP contribution in [-0.4, -0.2) is 30.0 Å². The van der Waals surface area contributed by atoms with Gasteiger partial charge in [-0.25, -0.2) is 4.98 Å². The summed E-state index contributed by atoms with van der Waals surface area (Å²) in [7, 11) is 2.13. The molecule has 1 aromatic rings. The van der Waals surface area contributed by atoms with Crippen molar-refractivity contribution in [3.05, 3.63) is 47.8 Å². The summed E-state index contributed by atoms with van der Waals surface area (Å²) in [5.41, 5.74) is 2.05. The molecular weight excluding hydrogens is 296 g/mol. The fraction of sp³-hybridized carbons (Fsp3) is 0.500. The molecule has 1 rings (SSSR count). The van der Waals surface area contributed by atoms with Crippen molar-refractivity contribution >= 4 is 5.82 Å². The van der Waals surface area contributed by atoms with E-state index >= 15 is 0 Å². The first kappa shape index (κ1) is 19.8. The Labute approximate surface area is 146 Å². The molecule has 0 aliphatic carbocycles. The number of nitriles is 1. The third kappa shape index (κ3) is 8.38. The third-order valence-corrected chi connectivity index (χ3v) is 3.88. The van der Waals surface area contributed by atoms with E-state index in [0.29, 0.717) is 11.5 Å². The highest BCUT2D eigenvalue weighted by Gasteiger charge is 2.00. The zero-order valence-electron chi connectivity index (χ0n) is 15.4. The lowest BCUT2D eigenvalue weighted by Gasteiger charge is -2.15. The van der Waals surface area contributed by atoms with Gasteiger partial charge in [0.25, 0.3) is 0 Å². The highest BCUT2D eigenvalue weighted by atomic mass is 15.1. The van der Waals surface area contributed by atoms with Crippen LogP contribution < -0.4 is 5.32 Å². The van der Waals surface area contributed by atoms with Gasteiger partial charge in [0.05, 0.1) is 5.56 Å². The van der Waals surface area contributed by atoms with E-state index in [1.807, 2.05) is 6.07 Å². The second kappa shape index (κ2) is 11.3. The molecule has 0 radical (unpaired) electrons. The molecule has 0 fully saturated rings. The molecule has 4 nitrogen and oxygen atoms in total. The van der Waals surface area contributed by atoms with Crippen LogP contribution in [0.1, 0.15) is 45.6 Å². The normalized spacial score (nSPS) is 12.9. The van der Waals surface area contributed by atoms with Gasteiger partial charge in [-0.3, -0.25) is 0 Å². The molecule has 4 heteroatoms. The van der Waals surface area contributed by atoms with Gasteiger partial charge in [-0.1, -0.05) is 31.6 Å². The van der Waals surface area contributed by atoms with E-state index in [0.717, 1.165) is 38.2 Å². The molecule has 0 aromatic carbocycles. The fourth-order valence-corrected chi connectivity index (χ4v) is 2.26. The van der Waals surface area contributed by atoms with E-state index in [4.69, 9.17) is 5.26 Å². The highest BCUT2D eigenvalue weighted by molar-refractivity contribution is 5.38. The molecule has 0 spiro atoms. The van der Waals surface area contributed by atoms with Gasteiger partial charge in [-0.2, -0.15) is 5.26 Å². The monoisotopic (exact) mass is 326 g/mol. The topological polar surface area (TPSA) is 52.0 Å². The Morgan fingerprint density at radius 1 is 1.46 bits per heavy atom. The van der Waals surface area contributed by atoms with Crippen LogP contribution in [0.15, 0.2) is 42.3 Å². The van der Waals surface area contributed by atoms with Crippen LogP contribution in [-0.2, 0) is 0 Å². The summed E-state index contributed by atoms with van der Waals surface area (Å²) in [5, 5.41) is 12.0. The number of pyridine rings is 1. The van der Waals surface area contributed by atoms with E-state index < -0.39 is 0 Å². The lowest BCUT2D eigenvalue weighted by Crippen LogP contribution is -2.13. The van der Waals surface area contributed by atoms with E-state index in [9.17, 15) is 0 Å². The Hall–Kier alpha value is -2.28. The SMILES string of the molecule is CC/C=C(/C)CCN(C)/C=C/[C@@H](C)CCNc1ccc(C#N)cn1. The van der Waals surface area contributed by atoms with Crippen molar-refractivity contribution in [3.8, 4) is 6.07 Å². The maximum Gasteiger partial charge on any atom is 0.125 e. The van der Waals surface area contributed by atoms with Crippen LogP contribution in [0.2, 0.25) is 0 Å². The number of rotatable bonds is 10. The summed E-state index contributed by atoms with van der Waals surface area (Å²) < 4.78 is 0. The number of hydrogen-bond acceptors (Lipinski definition) is 4. The number of aromatic nitrogens is 1. The van der Waals surface area contributed by atoms with E-state index in [1.165, 1.54) is 5.57 Å². The van der Waals surface area contributed by atoms with Crippen molar-refractivity contribution < 1.29 is 0 Å². The molecule has 0 amide bonds. The minimum absolute atomic E-state index is 0.505. The molecule has 0 bridgehead atoms. The van der Waals surface area contributed by atoms with Gasteiger partial charge in [0, 0.05) is 26.3 Å². The summed E-state index contributed by atoms with van der Waals surface area (Å²) in [6, 6.07) is 5.70. The number of anilines is 1. The molecule has 24 heavy (non-hydrogen) atoms. The average molecular weight is 326 g/mol. The van der Waals surface area contributed by atoms with Crippen LogP contribution in [0.3, 0.4) is 0 Å². The first-order valence-electron chi connectivity index (χ1n) is 8.69. The molecule has 0 unspecified atom stereocenters. The second-order valence-corrected chi connectivity index (χ2v) is 6.27. The molecule has 0 aliphatic heterocycles. The van der Waals surface area contributed by atoms with E-state index in [-0.39, 0.29) is 0 Å². The van der Waals surface area contributed by atoms with Crippen LogP contribution in [0.4, 0.5) is 5.82 Å². The van der Waals surface area contributed by atoms with Gasteiger partial charge >= 0.3 is 0 Å². The predicted molar refractivity (Wildman–Crippen MR) is 102 cm³/mol. The van der Waals surface area contributed by atoms with Gasteiger partial charge in [0.2, 0.25) is 0 Å². The first-order valence-corrected chi connectivity index (χ1v) is 8.69. The lowest BCUT2D eigenvalue weighted by molar-refractivity contribution is 0.454. The summed E-state index contributed by atoms with van der Waals surface area (Å²) in [5.74, 6) is 1.33. The molecule has 1 atom stereocenters. The van der Waals surface area contributed by atoms with Crippen molar-refractivity contribution in [2.75, 3.05) is 25.5 Å². The predicted octanol–water partition coefficient (Wildman–Crippen LogP) is 4.58. The Morgan fingerprint density at radius 2 is 2.25 bits per heavy atom. The Balaban J connectivity index is 2.25. The minimum atomic E-state index is 0.505. The molecule has 1 heterocycles. The Kier molecular flexibility index (Phi) is 9.29. The quantitative estimate of drug-likeness (QED) is 0.639. The number of hydrogen-bond donors (Lipinski definition) is 1. The summed E-state index contributed by atoms with van der Waals surface area (Å²) in [4.78, 5) is 6.46. The van der Waals surface area contributed by atoms with Crippen molar-refractivity contribution in [2.24, 2.45) is 5.92 Å². The van der Waals surface area contributed by atoms with Gasteiger partial charge in [0.1, 0.15) is 11.9 Å². The zero-order valence-corrected chi connectivity index (χ0v) is 15.4. The zero-order chi connectivity index (χ0) is 17.8. The first-order chi connectivity index (χ1) is 11.5. The largest absolute Gasteiger partial charge is 0.380 e. The van der Waals surface area contributed by atoms with Crippen LogP contribution in [0.25, 0.3) is 0 Å². The maximum atomic E-state index is 8.75. The number of nitrogens with zero attached hydrogens (tertiary/aromatic N) is 3. The van der Waals surface area contributed by atoms with E-state index in [2.05, 4.69) is 67.4 Å². The van der Waals surface area contributed by atoms with Crippen LogP contribution in [0.5, 0.6) is 0 Å². The van der Waals surface area contributed by atoms with Crippen molar-refractivity contribution in [3.63, 3.8) is 0 Å². The van der Waals surface area contributed by atoms with Crippen LogP contribution >= 0.6 is 0 Å². The summed E-state index contributed by atoms with van der Waals surface area (Å²) in [6.45, 7) is 8.52. The molecule has 1 N–H and O–H groups in total. The molecule has 0 saturated heterocycles. The number of nitrogens with one attached hydrogen (secondary N) is 1. The molecule has 1 aromatic heterocycles. The van der Waals surface area contributed by atoms with Gasteiger partial charge in [-0.15, -0.1) is 0 Å². The standard InChI is InChI=1S/C20H30N4/c1-5-6-17(2)10-13-24(4)14-11-18(3)9-12-22-20-8-7-19(15-21)16-23-20/h6-8,11,14,16,18H,5,9-10,12-13H2,1-4H3,(H,22,23)/b14-11+,17-6-/t18-/m0/s1. The van der Waals surface area contributed by atoms with Crippen molar-refractivity contribution in [1.82, 2.24) is 9.88 Å². The maximum absolute atomic E-state index is 8.75. The highest BCUT2D eigenvalue weighted by Crippen LogP contribution is 2.08. The molecule has 0 saturated carbocycles. The van der Waals surface area contributed by atoms with Crippen molar-refractivity contribution in [2.45, 2.75) is 40.0 Å². The Morgan fingerprint density at radius 3 is 2.88 bits per heavy atom. The molecular formula is C20H30N4. The fourth-order valence-electron chi connectivity index (χ4n) is 2.26. The lowest BCUT2D eigenvalue weighted by atomic mass is 10.1. The third-order valence-electron chi connectivity index (χ3n) is 3.88. The van der Waals surface area contributed by atoms with Gasteiger partial charge in [-0.05, 0) is 50.4 Å². The molecule has 130 valence electrons. The van der Waals surface area contributed by atoms with Crippen LogP contribution in [0, 0.1) is 17.2 Å². The average Bonchev–Trinajstić information content (AvgIpc) is 2.59.